The van der Waals surface area contributed by atoms with Gasteiger partial charge in [0.2, 0.25) is 0 Å². The van der Waals surface area contributed by atoms with Gasteiger partial charge in [0, 0.05) is 18.2 Å². The van der Waals surface area contributed by atoms with Gasteiger partial charge in [0.15, 0.2) is 0 Å². The van der Waals surface area contributed by atoms with Crippen molar-refractivity contribution in [1.29, 1.82) is 0 Å². The molecule has 0 aliphatic carbocycles. The van der Waals surface area contributed by atoms with E-state index in [-0.39, 0.29) is 0 Å². The van der Waals surface area contributed by atoms with Crippen molar-refractivity contribution in [2.24, 2.45) is 0 Å². The highest BCUT2D eigenvalue weighted by atomic mass is 16.5. The summed E-state index contributed by atoms with van der Waals surface area (Å²) in [6, 6.07) is 17.0. The molecular weight excluding hydrogens is 234 g/mol. The fourth-order valence-electron chi connectivity index (χ4n) is 2.17. The second-order valence-corrected chi connectivity index (χ2v) is 4.83. The van der Waals surface area contributed by atoms with E-state index in [1.165, 1.54) is 16.7 Å². The lowest BCUT2D eigenvalue weighted by Crippen LogP contribution is -2.18. The van der Waals surface area contributed by atoms with Crippen molar-refractivity contribution in [2.45, 2.75) is 26.4 Å². The number of rotatable bonds is 5. The van der Waals surface area contributed by atoms with Crippen LogP contribution in [0.2, 0.25) is 0 Å². The molecule has 1 atom stereocenters. The Hall–Kier alpha value is -1.80. The molecule has 0 bridgehead atoms. The number of methoxy groups -OCH3 is 1. The molecule has 0 radical (unpaired) electrons. The van der Waals surface area contributed by atoms with Crippen LogP contribution in [0.3, 0.4) is 0 Å². The number of hydrogen-bond acceptors (Lipinski definition) is 2. The maximum atomic E-state index is 5.36. The lowest BCUT2D eigenvalue weighted by Gasteiger charge is -2.16. The van der Waals surface area contributed by atoms with Crippen molar-refractivity contribution < 1.29 is 4.74 Å². The van der Waals surface area contributed by atoms with Gasteiger partial charge in [0.25, 0.3) is 0 Å². The Morgan fingerprint density at radius 3 is 2.63 bits per heavy atom. The number of benzene rings is 2. The molecule has 0 saturated carbocycles. The summed E-state index contributed by atoms with van der Waals surface area (Å²) in [6.45, 7) is 5.11. The Morgan fingerprint density at radius 2 is 1.89 bits per heavy atom. The van der Waals surface area contributed by atoms with E-state index in [0.717, 1.165) is 12.3 Å². The van der Waals surface area contributed by atoms with Gasteiger partial charge in [-0.15, -0.1) is 0 Å². The molecule has 0 aromatic heterocycles. The van der Waals surface area contributed by atoms with Crippen molar-refractivity contribution in [3.8, 4) is 5.75 Å². The van der Waals surface area contributed by atoms with E-state index in [1.54, 1.807) is 7.11 Å². The van der Waals surface area contributed by atoms with Crippen LogP contribution in [0.25, 0.3) is 0 Å². The summed E-state index contributed by atoms with van der Waals surface area (Å²) in [5.74, 6) is 0.937. The van der Waals surface area contributed by atoms with Gasteiger partial charge >= 0.3 is 0 Å². The predicted octanol–water partition coefficient (Wildman–Crippen LogP) is 3.85. The molecule has 0 aliphatic heterocycles. The molecule has 0 amide bonds. The zero-order valence-corrected chi connectivity index (χ0v) is 11.8. The van der Waals surface area contributed by atoms with E-state index in [1.807, 2.05) is 18.2 Å². The van der Waals surface area contributed by atoms with Crippen LogP contribution >= 0.6 is 0 Å². The average molecular weight is 255 g/mol. The summed E-state index contributed by atoms with van der Waals surface area (Å²) in [5.41, 5.74) is 3.79. The Balaban J connectivity index is 2.02. The Labute approximate surface area is 115 Å². The van der Waals surface area contributed by atoms with Crippen molar-refractivity contribution in [3.05, 3.63) is 65.2 Å². The molecule has 0 fully saturated rings. The summed E-state index contributed by atoms with van der Waals surface area (Å²) in [5, 5.41) is 3.54. The fourth-order valence-corrected chi connectivity index (χ4v) is 2.17. The third-order valence-electron chi connectivity index (χ3n) is 3.33. The van der Waals surface area contributed by atoms with Crippen molar-refractivity contribution in [2.75, 3.05) is 7.11 Å². The lowest BCUT2D eigenvalue weighted by molar-refractivity contribution is 0.406. The fraction of sp³-hybridized carbons (Fsp3) is 0.294. The summed E-state index contributed by atoms with van der Waals surface area (Å²) in [6.07, 6.45) is 0. The molecule has 100 valence electrons. The molecule has 1 unspecified atom stereocenters. The normalized spacial score (nSPS) is 12.2. The molecule has 1 N–H and O–H groups in total. The number of ether oxygens (including phenoxy) is 1. The number of nitrogens with one attached hydrogen (secondary N) is 1. The molecule has 2 heteroatoms. The smallest absolute Gasteiger partial charge is 0.123 e. The highest BCUT2D eigenvalue weighted by molar-refractivity contribution is 5.33. The highest BCUT2D eigenvalue weighted by Crippen LogP contribution is 2.19. The zero-order chi connectivity index (χ0) is 13.7. The molecular formula is C17H21NO. The van der Waals surface area contributed by atoms with Gasteiger partial charge in [-0.05, 0) is 25.5 Å². The van der Waals surface area contributed by atoms with E-state index >= 15 is 0 Å². The minimum absolute atomic E-state index is 0.324. The molecule has 0 spiro atoms. The van der Waals surface area contributed by atoms with Gasteiger partial charge in [-0.2, -0.15) is 0 Å². The molecule has 2 rings (SSSR count). The summed E-state index contributed by atoms with van der Waals surface area (Å²) in [4.78, 5) is 0. The van der Waals surface area contributed by atoms with E-state index in [2.05, 4.69) is 49.5 Å². The van der Waals surface area contributed by atoms with Gasteiger partial charge in [-0.1, -0.05) is 48.0 Å². The van der Waals surface area contributed by atoms with Crippen LogP contribution < -0.4 is 10.1 Å². The van der Waals surface area contributed by atoms with Crippen molar-refractivity contribution in [3.63, 3.8) is 0 Å². The van der Waals surface area contributed by atoms with Crippen LogP contribution in [0.15, 0.2) is 48.5 Å². The predicted molar refractivity (Wildman–Crippen MR) is 79.4 cm³/mol. The first kappa shape index (κ1) is 13.6. The van der Waals surface area contributed by atoms with Crippen LogP contribution in [0, 0.1) is 6.92 Å². The lowest BCUT2D eigenvalue weighted by atomic mass is 10.1. The molecule has 2 nitrogen and oxygen atoms in total. The van der Waals surface area contributed by atoms with Crippen molar-refractivity contribution in [1.82, 2.24) is 5.32 Å². The third-order valence-corrected chi connectivity index (χ3v) is 3.33. The van der Waals surface area contributed by atoms with Crippen LogP contribution in [0.4, 0.5) is 0 Å². The second kappa shape index (κ2) is 6.39. The SMILES string of the molecule is COc1ccccc1CNC(C)c1cccc(C)c1. The summed E-state index contributed by atoms with van der Waals surface area (Å²) >= 11 is 0. The zero-order valence-electron chi connectivity index (χ0n) is 11.8. The largest absolute Gasteiger partial charge is 0.496 e. The molecule has 2 aromatic carbocycles. The van der Waals surface area contributed by atoms with Gasteiger partial charge in [-0.3, -0.25) is 0 Å². The van der Waals surface area contributed by atoms with Gasteiger partial charge < -0.3 is 10.1 Å². The van der Waals surface area contributed by atoms with Gasteiger partial charge in [0.05, 0.1) is 7.11 Å². The third kappa shape index (κ3) is 3.58. The quantitative estimate of drug-likeness (QED) is 0.876. The van der Waals surface area contributed by atoms with E-state index in [9.17, 15) is 0 Å². The summed E-state index contributed by atoms with van der Waals surface area (Å²) < 4.78 is 5.36. The van der Waals surface area contributed by atoms with Crippen LogP contribution in [-0.2, 0) is 6.54 Å². The Kier molecular flexibility index (Phi) is 4.58. The maximum Gasteiger partial charge on any atom is 0.123 e. The van der Waals surface area contributed by atoms with Crippen LogP contribution in [0.1, 0.15) is 29.7 Å². The number of hydrogen-bond donors (Lipinski definition) is 1. The standard InChI is InChI=1S/C17H21NO/c1-13-7-6-9-15(11-13)14(2)18-12-16-8-4-5-10-17(16)19-3/h4-11,14,18H,12H2,1-3H3. The first-order valence-corrected chi connectivity index (χ1v) is 6.62. The highest BCUT2D eigenvalue weighted by Gasteiger charge is 2.07. The van der Waals surface area contributed by atoms with Crippen LogP contribution in [0.5, 0.6) is 5.75 Å². The summed E-state index contributed by atoms with van der Waals surface area (Å²) in [7, 11) is 1.71. The Bertz CT molecular complexity index is 536. The van der Waals surface area contributed by atoms with E-state index in [0.29, 0.717) is 6.04 Å². The van der Waals surface area contributed by atoms with Gasteiger partial charge in [-0.25, -0.2) is 0 Å². The monoisotopic (exact) mass is 255 g/mol. The first-order chi connectivity index (χ1) is 9.20. The van der Waals surface area contributed by atoms with Crippen LogP contribution in [-0.4, -0.2) is 7.11 Å². The Morgan fingerprint density at radius 1 is 1.11 bits per heavy atom. The number of aryl methyl sites for hydroxylation is 1. The average Bonchev–Trinajstić information content (AvgIpc) is 2.45. The second-order valence-electron chi connectivity index (χ2n) is 4.83. The number of para-hydroxylation sites is 1. The minimum atomic E-state index is 0.324. The minimum Gasteiger partial charge on any atom is -0.496 e. The topological polar surface area (TPSA) is 21.3 Å². The molecule has 2 aromatic rings. The van der Waals surface area contributed by atoms with E-state index < -0.39 is 0 Å². The maximum absolute atomic E-state index is 5.36. The van der Waals surface area contributed by atoms with E-state index in [4.69, 9.17) is 4.74 Å². The molecule has 0 aliphatic rings. The molecule has 0 heterocycles. The molecule has 19 heavy (non-hydrogen) atoms. The van der Waals surface area contributed by atoms with Gasteiger partial charge in [0.1, 0.15) is 5.75 Å². The first-order valence-electron chi connectivity index (χ1n) is 6.62. The van der Waals surface area contributed by atoms with Crippen molar-refractivity contribution >= 4 is 0 Å². The molecule has 0 saturated heterocycles.